The van der Waals surface area contributed by atoms with Gasteiger partial charge in [-0.2, -0.15) is 4.31 Å². The van der Waals surface area contributed by atoms with E-state index >= 15 is 0 Å². The molecule has 1 N–H and O–H groups in total. The minimum absolute atomic E-state index is 0.138. The molecule has 2 aliphatic rings. The Labute approximate surface area is 218 Å². The average molecular weight is 530 g/mol. The predicted octanol–water partition coefficient (Wildman–Crippen LogP) is 2.86. The Bertz CT molecular complexity index is 1250. The van der Waals surface area contributed by atoms with Gasteiger partial charge in [0.05, 0.1) is 19.1 Å². The molecule has 2 aromatic rings. The van der Waals surface area contributed by atoms with Crippen LogP contribution in [0.5, 0.6) is 11.5 Å². The fraction of sp³-hybridized carbons (Fsp3) is 0.481. The lowest BCUT2D eigenvalue weighted by atomic mass is 10.0. The van der Waals surface area contributed by atoms with Crippen molar-refractivity contribution in [2.75, 3.05) is 27.3 Å². The highest BCUT2D eigenvalue weighted by molar-refractivity contribution is 7.89. The molecule has 2 saturated heterocycles. The van der Waals surface area contributed by atoms with Gasteiger partial charge in [-0.3, -0.25) is 9.59 Å². The monoisotopic (exact) mass is 529 g/mol. The van der Waals surface area contributed by atoms with Crippen LogP contribution < -0.4 is 14.8 Å². The Kier molecular flexibility index (Phi) is 8.39. The van der Waals surface area contributed by atoms with Crippen molar-refractivity contribution >= 4 is 21.8 Å². The fourth-order valence-electron chi connectivity index (χ4n) is 5.17. The molecule has 4 rings (SSSR count). The largest absolute Gasteiger partial charge is 0.497 e. The number of aryl methyl sites for hydroxylation is 1. The first-order valence-electron chi connectivity index (χ1n) is 12.6. The third-order valence-electron chi connectivity index (χ3n) is 7.15. The number of nitrogens with one attached hydrogen (secondary N) is 1. The number of likely N-dealkylation sites (tertiary alicyclic amines) is 1. The van der Waals surface area contributed by atoms with Gasteiger partial charge in [0.25, 0.3) is 0 Å². The van der Waals surface area contributed by atoms with Crippen molar-refractivity contribution in [2.24, 2.45) is 0 Å². The zero-order valence-corrected chi connectivity index (χ0v) is 22.4. The molecule has 0 radical (unpaired) electrons. The summed E-state index contributed by atoms with van der Waals surface area (Å²) in [5.74, 6) is 0.775. The van der Waals surface area contributed by atoms with Crippen LogP contribution in [0.25, 0.3) is 0 Å². The van der Waals surface area contributed by atoms with Gasteiger partial charge in [0.2, 0.25) is 21.8 Å². The summed E-state index contributed by atoms with van der Waals surface area (Å²) in [5.41, 5.74) is 1.60. The molecular formula is C27H35N3O6S. The number of nitrogens with zero attached hydrogens (tertiary/aromatic N) is 2. The average Bonchev–Trinajstić information content (AvgIpc) is 3.41. The van der Waals surface area contributed by atoms with Crippen LogP contribution >= 0.6 is 0 Å². The van der Waals surface area contributed by atoms with Gasteiger partial charge < -0.3 is 19.7 Å². The second-order valence-electron chi connectivity index (χ2n) is 9.52. The van der Waals surface area contributed by atoms with Crippen LogP contribution in [0.4, 0.5) is 0 Å². The van der Waals surface area contributed by atoms with Crippen molar-refractivity contribution in [3.8, 4) is 11.5 Å². The lowest BCUT2D eigenvalue weighted by Crippen LogP contribution is -2.56. The number of benzene rings is 2. The number of ether oxygens (including phenoxy) is 2. The number of hydrogen-bond donors (Lipinski definition) is 1. The first-order valence-corrected chi connectivity index (χ1v) is 14.1. The molecule has 0 spiro atoms. The quantitative estimate of drug-likeness (QED) is 0.564. The van der Waals surface area contributed by atoms with Gasteiger partial charge in [-0.1, -0.05) is 18.6 Å². The summed E-state index contributed by atoms with van der Waals surface area (Å²) in [6.07, 6.45) is 3.11. The van der Waals surface area contributed by atoms with Crippen LogP contribution in [0, 0.1) is 6.92 Å². The topological polar surface area (TPSA) is 105 Å². The second kappa shape index (κ2) is 11.5. The van der Waals surface area contributed by atoms with Gasteiger partial charge in [-0.05, 0) is 74.1 Å². The molecule has 0 unspecified atom stereocenters. The van der Waals surface area contributed by atoms with Crippen molar-refractivity contribution in [3.05, 3.63) is 53.6 Å². The van der Waals surface area contributed by atoms with E-state index in [0.717, 1.165) is 12.0 Å². The molecule has 2 amide bonds. The van der Waals surface area contributed by atoms with Crippen molar-refractivity contribution in [2.45, 2.75) is 62.6 Å². The summed E-state index contributed by atoms with van der Waals surface area (Å²) in [5, 5.41) is 2.93. The summed E-state index contributed by atoms with van der Waals surface area (Å²) < 4.78 is 39.1. The zero-order chi connectivity index (χ0) is 26.6. The Morgan fingerprint density at radius 1 is 0.973 bits per heavy atom. The van der Waals surface area contributed by atoms with Gasteiger partial charge in [0.1, 0.15) is 23.6 Å². The minimum atomic E-state index is -3.91. The van der Waals surface area contributed by atoms with Crippen molar-refractivity contribution in [1.29, 1.82) is 0 Å². The smallest absolute Gasteiger partial charge is 0.243 e. The lowest BCUT2D eigenvalue weighted by Gasteiger charge is -2.37. The van der Waals surface area contributed by atoms with E-state index in [1.54, 1.807) is 31.1 Å². The summed E-state index contributed by atoms with van der Waals surface area (Å²) in [6, 6.07) is 10.7. The Morgan fingerprint density at radius 3 is 2.49 bits per heavy atom. The van der Waals surface area contributed by atoms with E-state index in [0.29, 0.717) is 55.8 Å². The number of hydrogen-bond acceptors (Lipinski definition) is 6. The minimum Gasteiger partial charge on any atom is -0.497 e. The van der Waals surface area contributed by atoms with E-state index in [-0.39, 0.29) is 23.3 Å². The highest BCUT2D eigenvalue weighted by Crippen LogP contribution is 2.31. The van der Waals surface area contributed by atoms with Gasteiger partial charge in [-0.25, -0.2) is 8.42 Å². The lowest BCUT2D eigenvalue weighted by molar-refractivity contribution is -0.142. The Morgan fingerprint density at radius 2 is 1.76 bits per heavy atom. The summed E-state index contributed by atoms with van der Waals surface area (Å²) in [4.78, 5) is 28.5. The van der Waals surface area contributed by atoms with E-state index in [1.807, 2.05) is 24.3 Å². The maximum atomic E-state index is 13.7. The molecule has 0 aromatic heterocycles. The third kappa shape index (κ3) is 5.75. The first kappa shape index (κ1) is 26.9. The molecule has 2 fully saturated rings. The molecule has 2 heterocycles. The molecule has 2 atom stereocenters. The number of carbonyl (C=O) groups excluding carboxylic acids is 2. The SMILES string of the molecule is COc1cccc(CNC(=O)[C@@H]2CCCN2C(=O)[C@H]2CCCCN2S(=O)(=O)c2ccc(OC)c(C)c2)c1. The molecule has 0 aliphatic carbocycles. The number of amides is 2. The van der Waals surface area contributed by atoms with Crippen LogP contribution in [-0.2, 0) is 26.2 Å². The number of rotatable bonds is 8. The molecule has 200 valence electrons. The zero-order valence-electron chi connectivity index (χ0n) is 21.6. The van der Waals surface area contributed by atoms with Gasteiger partial charge in [0, 0.05) is 19.6 Å². The van der Waals surface area contributed by atoms with Crippen molar-refractivity contribution < 1.29 is 27.5 Å². The molecule has 37 heavy (non-hydrogen) atoms. The number of piperidine rings is 1. The van der Waals surface area contributed by atoms with Crippen LogP contribution in [0.2, 0.25) is 0 Å². The normalized spacial score (nSPS) is 20.5. The van der Waals surface area contributed by atoms with Crippen LogP contribution in [0.15, 0.2) is 47.4 Å². The molecule has 2 aromatic carbocycles. The summed E-state index contributed by atoms with van der Waals surface area (Å²) in [6.45, 7) is 2.80. The fourth-order valence-corrected chi connectivity index (χ4v) is 6.91. The number of methoxy groups -OCH3 is 2. The van der Waals surface area contributed by atoms with Gasteiger partial charge in [0.15, 0.2) is 0 Å². The molecule has 2 aliphatic heterocycles. The molecule has 0 saturated carbocycles. The van der Waals surface area contributed by atoms with Crippen LogP contribution in [0.1, 0.15) is 43.2 Å². The highest BCUT2D eigenvalue weighted by Gasteiger charge is 2.43. The highest BCUT2D eigenvalue weighted by atomic mass is 32.2. The standard InChI is InChI=1S/C27H35N3O6S/c1-19-16-22(12-13-25(19)36-3)37(33,34)30-15-5-4-10-24(30)27(32)29-14-7-11-23(29)26(31)28-18-20-8-6-9-21(17-20)35-2/h6,8-9,12-13,16-17,23-24H,4-5,7,10-11,14-15,18H2,1-3H3,(H,28,31)/t23-,24+/m0/s1. The first-order chi connectivity index (χ1) is 17.8. The molecule has 0 bridgehead atoms. The third-order valence-corrected chi connectivity index (χ3v) is 9.06. The second-order valence-corrected chi connectivity index (χ2v) is 11.4. The maximum absolute atomic E-state index is 13.7. The van der Waals surface area contributed by atoms with Crippen LogP contribution in [0.3, 0.4) is 0 Å². The summed E-state index contributed by atoms with van der Waals surface area (Å²) in [7, 11) is -0.782. The van der Waals surface area contributed by atoms with Gasteiger partial charge in [-0.15, -0.1) is 0 Å². The van der Waals surface area contributed by atoms with E-state index in [2.05, 4.69) is 5.32 Å². The molecule has 10 heteroatoms. The van der Waals surface area contributed by atoms with Gasteiger partial charge >= 0.3 is 0 Å². The molecule has 9 nitrogen and oxygen atoms in total. The van der Waals surface area contributed by atoms with E-state index in [1.165, 1.54) is 17.5 Å². The van der Waals surface area contributed by atoms with E-state index in [9.17, 15) is 18.0 Å². The summed E-state index contributed by atoms with van der Waals surface area (Å²) >= 11 is 0. The molecular weight excluding hydrogens is 494 g/mol. The maximum Gasteiger partial charge on any atom is 0.243 e. The van der Waals surface area contributed by atoms with Crippen molar-refractivity contribution in [1.82, 2.24) is 14.5 Å². The Balaban J connectivity index is 1.49. The van der Waals surface area contributed by atoms with Crippen LogP contribution in [-0.4, -0.2) is 68.8 Å². The Hall–Kier alpha value is -3.11. The van der Waals surface area contributed by atoms with Crippen molar-refractivity contribution in [3.63, 3.8) is 0 Å². The van der Waals surface area contributed by atoms with E-state index in [4.69, 9.17) is 9.47 Å². The number of sulfonamides is 1. The van der Waals surface area contributed by atoms with E-state index < -0.39 is 22.1 Å². The number of carbonyl (C=O) groups is 2. The predicted molar refractivity (Wildman–Crippen MR) is 139 cm³/mol.